The third kappa shape index (κ3) is 4.38. The molecule has 4 fully saturated rings. The first-order valence-corrected chi connectivity index (χ1v) is 15.7. The Labute approximate surface area is 246 Å². The summed E-state index contributed by atoms with van der Waals surface area (Å²) >= 11 is 0. The molecule has 0 aromatic carbocycles. The number of carbonyl (C=O) groups excluding carboxylic acids is 3. The highest BCUT2D eigenvalue weighted by Gasteiger charge is 2.72. The van der Waals surface area contributed by atoms with Gasteiger partial charge in [0.15, 0.2) is 0 Å². The van der Waals surface area contributed by atoms with Gasteiger partial charge in [-0.25, -0.2) is 0 Å². The summed E-state index contributed by atoms with van der Waals surface area (Å²) in [5, 5.41) is 10.7. The molecule has 230 valence electrons. The molecule has 5 aliphatic rings. The lowest BCUT2D eigenvalue weighted by molar-refractivity contribution is -0.202. The molecular formula is C34H52O7. The highest BCUT2D eigenvalue weighted by Crippen LogP contribution is 2.73. The first-order chi connectivity index (χ1) is 18.7. The van der Waals surface area contributed by atoms with Crippen molar-refractivity contribution in [3.8, 4) is 0 Å². The van der Waals surface area contributed by atoms with Gasteiger partial charge in [0.25, 0.3) is 0 Å². The van der Waals surface area contributed by atoms with Crippen LogP contribution in [0.15, 0.2) is 11.6 Å². The van der Waals surface area contributed by atoms with Gasteiger partial charge < -0.3 is 19.3 Å². The third-order valence-corrected chi connectivity index (χ3v) is 12.8. The molecule has 1 heterocycles. The van der Waals surface area contributed by atoms with Gasteiger partial charge >= 0.3 is 11.9 Å². The lowest BCUT2D eigenvalue weighted by Crippen LogP contribution is -2.63. The lowest BCUT2D eigenvalue weighted by Gasteiger charge is -2.65. The van der Waals surface area contributed by atoms with Gasteiger partial charge in [0.05, 0.1) is 23.2 Å². The molecule has 0 radical (unpaired) electrons. The maximum absolute atomic E-state index is 14.1. The smallest absolute Gasteiger partial charge is 0.302 e. The summed E-state index contributed by atoms with van der Waals surface area (Å²) in [4.78, 5) is 38.7. The number of hydrogen-bond acceptors (Lipinski definition) is 7. The molecule has 4 aliphatic carbocycles. The van der Waals surface area contributed by atoms with Crippen molar-refractivity contribution in [3.05, 3.63) is 11.6 Å². The lowest BCUT2D eigenvalue weighted by atomic mass is 9.40. The van der Waals surface area contributed by atoms with Gasteiger partial charge in [-0.05, 0) is 81.5 Å². The molecule has 5 rings (SSSR count). The molecule has 1 aliphatic heterocycles. The normalized spacial score (nSPS) is 47.1. The highest BCUT2D eigenvalue weighted by molar-refractivity contribution is 5.87. The Morgan fingerprint density at radius 1 is 0.976 bits per heavy atom. The summed E-state index contributed by atoms with van der Waals surface area (Å²) < 4.78 is 18.6. The van der Waals surface area contributed by atoms with E-state index in [-0.39, 0.29) is 70.0 Å². The second-order valence-electron chi connectivity index (χ2n) is 16.2. The largest absolute Gasteiger partial charge is 0.462 e. The molecule has 7 heteroatoms. The number of allylic oxidation sites excluding steroid dienone is 2. The number of carbonyl (C=O) groups is 3. The number of rotatable bonds is 4. The van der Waals surface area contributed by atoms with Crippen LogP contribution in [0.25, 0.3) is 0 Å². The molecule has 41 heavy (non-hydrogen) atoms. The Morgan fingerprint density at radius 2 is 1.61 bits per heavy atom. The van der Waals surface area contributed by atoms with E-state index in [4.69, 9.17) is 14.2 Å². The van der Waals surface area contributed by atoms with E-state index in [0.717, 1.165) is 32.1 Å². The third-order valence-electron chi connectivity index (χ3n) is 12.8. The van der Waals surface area contributed by atoms with Gasteiger partial charge in [0, 0.05) is 31.6 Å². The number of ketones is 1. The summed E-state index contributed by atoms with van der Waals surface area (Å²) in [7, 11) is 0. The van der Waals surface area contributed by atoms with Crippen LogP contribution < -0.4 is 0 Å². The zero-order valence-electron chi connectivity index (χ0n) is 26.9. The van der Waals surface area contributed by atoms with Gasteiger partial charge in [0.1, 0.15) is 18.0 Å². The van der Waals surface area contributed by atoms with Crippen molar-refractivity contribution < 1.29 is 33.7 Å². The molecule has 0 amide bonds. The molecule has 1 N–H and O–H groups in total. The van der Waals surface area contributed by atoms with Gasteiger partial charge in [-0.15, -0.1) is 0 Å². The van der Waals surface area contributed by atoms with E-state index in [0.29, 0.717) is 12.8 Å². The molecule has 0 bridgehead atoms. The van der Waals surface area contributed by atoms with Crippen LogP contribution in [-0.4, -0.2) is 52.3 Å². The van der Waals surface area contributed by atoms with Crippen LogP contribution in [0.5, 0.6) is 0 Å². The minimum Gasteiger partial charge on any atom is -0.462 e. The maximum atomic E-state index is 14.1. The first kappa shape index (κ1) is 30.7. The molecule has 1 saturated heterocycles. The van der Waals surface area contributed by atoms with Crippen LogP contribution in [0.3, 0.4) is 0 Å². The molecule has 10 atom stereocenters. The molecular weight excluding hydrogens is 520 g/mol. The average molecular weight is 573 g/mol. The summed E-state index contributed by atoms with van der Waals surface area (Å²) in [6.07, 6.45) is 6.47. The van der Waals surface area contributed by atoms with Crippen LogP contribution in [0.1, 0.15) is 114 Å². The summed E-state index contributed by atoms with van der Waals surface area (Å²) in [5.74, 6) is -0.559. The quantitative estimate of drug-likeness (QED) is 0.328. The van der Waals surface area contributed by atoms with E-state index in [1.165, 1.54) is 19.4 Å². The Hall–Kier alpha value is -1.73. The van der Waals surface area contributed by atoms with E-state index >= 15 is 0 Å². The summed E-state index contributed by atoms with van der Waals surface area (Å²) in [5.41, 5.74) is -1.55. The van der Waals surface area contributed by atoms with Gasteiger partial charge in [0.2, 0.25) is 0 Å². The van der Waals surface area contributed by atoms with Crippen molar-refractivity contribution in [3.63, 3.8) is 0 Å². The van der Waals surface area contributed by atoms with E-state index in [1.807, 2.05) is 0 Å². The van der Waals surface area contributed by atoms with E-state index in [2.05, 4.69) is 47.6 Å². The van der Waals surface area contributed by atoms with Crippen LogP contribution in [0, 0.1) is 39.4 Å². The summed E-state index contributed by atoms with van der Waals surface area (Å²) in [6.45, 7) is 19.8. The predicted molar refractivity (Wildman–Crippen MR) is 155 cm³/mol. The predicted octanol–water partition coefficient (Wildman–Crippen LogP) is 5.95. The molecule has 7 nitrogen and oxygen atoms in total. The molecule has 0 spiro atoms. The highest BCUT2D eigenvalue weighted by atomic mass is 16.6. The fraction of sp³-hybridized carbons (Fsp3) is 0.853. The number of hydrogen-bond donors (Lipinski definition) is 1. The van der Waals surface area contributed by atoms with Crippen molar-refractivity contribution in [1.29, 1.82) is 0 Å². The first-order valence-electron chi connectivity index (χ1n) is 15.7. The Bertz CT molecular complexity index is 1160. The number of fused-ring (bicyclic) bond motifs is 5. The van der Waals surface area contributed by atoms with E-state index in [9.17, 15) is 19.5 Å². The number of Topliss-reactive ketones (excluding diaryl/α,β-unsaturated/α-hetero) is 1. The maximum Gasteiger partial charge on any atom is 0.302 e. The molecule has 0 aromatic heterocycles. The van der Waals surface area contributed by atoms with E-state index in [1.54, 1.807) is 13.8 Å². The van der Waals surface area contributed by atoms with Gasteiger partial charge in [-0.3, -0.25) is 14.4 Å². The van der Waals surface area contributed by atoms with Crippen LogP contribution >= 0.6 is 0 Å². The van der Waals surface area contributed by atoms with Crippen LogP contribution in [0.2, 0.25) is 0 Å². The van der Waals surface area contributed by atoms with Gasteiger partial charge in [-0.2, -0.15) is 0 Å². The zero-order valence-corrected chi connectivity index (χ0v) is 26.9. The van der Waals surface area contributed by atoms with Crippen molar-refractivity contribution in [1.82, 2.24) is 0 Å². The van der Waals surface area contributed by atoms with Gasteiger partial charge in [-0.1, -0.05) is 46.3 Å². The number of ether oxygens (including phenoxy) is 3. The fourth-order valence-corrected chi connectivity index (χ4v) is 10.9. The Kier molecular flexibility index (Phi) is 7.03. The van der Waals surface area contributed by atoms with Crippen LogP contribution in [0.4, 0.5) is 0 Å². The number of aliphatic hydroxyl groups is 1. The Morgan fingerprint density at radius 3 is 2.17 bits per heavy atom. The monoisotopic (exact) mass is 572 g/mol. The van der Waals surface area contributed by atoms with Crippen molar-refractivity contribution in [2.24, 2.45) is 39.4 Å². The minimum absolute atomic E-state index is 0.0245. The second-order valence-corrected chi connectivity index (χ2v) is 16.2. The van der Waals surface area contributed by atoms with E-state index < -0.39 is 16.6 Å². The Balaban J connectivity index is 1.57. The summed E-state index contributed by atoms with van der Waals surface area (Å²) in [6, 6.07) is 0. The van der Waals surface area contributed by atoms with Crippen LogP contribution in [-0.2, 0) is 28.6 Å². The topological polar surface area (TPSA) is 99.1 Å². The van der Waals surface area contributed by atoms with Crippen molar-refractivity contribution in [2.75, 3.05) is 0 Å². The molecule has 0 aromatic rings. The molecule has 2 unspecified atom stereocenters. The van der Waals surface area contributed by atoms with Crippen molar-refractivity contribution >= 4 is 17.7 Å². The second kappa shape index (κ2) is 9.38. The zero-order chi connectivity index (χ0) is 30.6. The number of esters is 2. The standard InChI is InChI=1S/C34H52O7/c1-19(35)39-24-17-22-21(31(7)14-12-25(40-20(2)36)29(3,4)28(24)31)11-15-32(8)27(23(37)18-33(22,32)9)34(10)16-13-26(41-34)30(5,6)38/h11,22,24-28,38H,12-18H2,1-10H3/t22?,24-,25-,26+,27-,28?,31+,32+,33-,34-/m0/s1. The average Bonchev–Trinajstić information content (AvgIpc) is 3.30. The van der Waals surface area contributed by atoms with Crippen molar-refractivity contribution in [2.45, 2.75) is 144 Å². The SMILES string of the molecule is CC(=O)O[C@H]1CC2C(=CC[C@]3(C)[C@@H]([C@]4(C)CC[C@H](C(C)(C)O)O4)C(=O)C[C@@]23C)[C@@]2(C)CC[C@H](OC(C)=O)C(C)(C)C12. The minimum atomic E-state index is -0.967. The molecule has 3 saturated carbocycles. The fourth-order valence-electron chi connectivity index (χ4n) is 10.9.